The lowest BCUT2D eigenvalue weighted by atomic mass is 9.87. The second-order valence-corrected chi connectivity index (χ2v) is 11.1. The van der Waals surface area contributed by atoms with Gasteiger partial charge in [-0.3, -0.25) is 0 Å². The second kappa shape index (κ2) is 9.61. The molecule has 42 heavy (non-hydrogen) atoms. The van der Waals surface area contributed by atoms with Crippen molar-refractivity contribution in [2.24, 2.45) is 0 Å². The van der Waals surface area contributed by atoms with Crippen molar-refractivity contribution in [3.8, 4) is 27.9 Å². The van der Waals surface area contributed by atoms with Gasteiger partial charge in [-0.25, -0.2) is 0 Å². The lowest BCUT2D eigenvalue weighted by Crippen LogP contribution is -1.99. The highest BCUT2D eigenvalue weighted by Gasteiger charge is 2.29. The summed E-state index contributed by atoms with van der Waals surface area (Å²) in [4.78, 5) is 0. The Balaban J connectivity index is 1.28. The molecule has 1 heteroatoms. The number of benzene rings is 6. The van der Waals surface area contributed by atoms with Gasteiger partial charge in [0.1, 0.15) is 0 Å². The SMILES string of the molecule is C=Cc1cccc(-n2c3ccccc3c3cc(-c4cccc(C5c6ccccc6-c6cc(C=C)ccc65)c4)ccc32)c1. The molecule has 0 bridgehead atoms. The molecule has 0 fully saturated rings. The van der Waals surface area contributed by atoms with Crippen LogP contribution in [0.25, 0.3) is 61.9 Å². The van der Waals surface area contributed by atoms with Gasteiger partial charge in [0.05, 0.1) is 11.0 Å². The zero-order valence-electron chi connectivity index (χ0n) is 23.3. The predicted octanol–water partition coefficient (Wildman–Crippen LogP) is 10.9. The first kappa shape index (κ1) is 24.4. The van der Waals surface area contributed by atoms with Crippen molar-refractivity contribution < 1.29 is 0 Å². The molecule has 7 aromatic rings. The van der Waals surface area contributed by atoms with Crippen LogP contribution in [0.5, 0.6) is 0 Å². The molecule has 1 atom stereocenters. The van der Waals surface area contributed by atoms with E-state index in [0.717, 1.165) is 16.8 Å². The average molecular weight is 536 g/mol. The van der Waals surface area contributed by atoms with Crippen molar-refractivity contribution in [3.63, 3.8) is 0 Å². The Morgan fingerprint density at radius 3 is 2.14 bits per heavy atom. The minimum atomic E-state index is 0.206. The zero-order valence-corrected chi connectivity index (χ0v) is 23.3. The van der Waals surface area contributed by atoms with Crippen LogP contribution in [0.4, 0.5) is 0 Å². The Kier molecular flexibility index (Phi) is 5.58. The van der Waals surface area contributed by atoms with Crippen LogP contribution in [0.15, 0.2) is 147 Å². The number of rotatable bonds is 5. The summed E-state index contributed by atoms with van der Waals surface area (Å²) in [6.45, 7) is 7.97. The molecule has 8 rings (SSSR count). The number of para-hydroxylation sites is 1. The maximum atomic E-state index is 4.00. The van der Waals surface area contributed by atoms with E-state index in [-0.39, 0.29) is 5.92 Å². The number of aromatic nitrogens is 1. The lowest BCUT2D eigenvalue weighted by molar-refractivity contribution is 1.02. The van der Waals surface area contributed by atoms with E-state index in [2.05, 4.69) is 151 Å². The first-order chi connectivity index (χ1) is 20.7. The highest BCUT2D eigenvalue weighted by Crippen LogP contribution is 2.48. The average Bonchev–Trinajstić information content (AvgIpc) is 3.57. The summed E-state index contributed by atoms with van der Waals surface area (Å²) in [5, 5.41) is 2.51. The summed E-state index contributed by atoms with van der Waals surface area (Å²) in [6.07, 6.45) is 3.84. The Bertz CT molecular complexity index is 2190. The fourth-order valence-electron chi connectivity index (χ4n) is 6.83. The van der Waals surface area contributed by atoms with Crippen LogP contribution in [0, 0.1) is 0 Å². The molecular weight excluding hydrogens is 506 g/mol. The summed E-state index contributed by atoms with van der Waals surface area (Å²) in [6, 6.07) is 48.8. The van der Waals surface area contributed by atoms with E-state index in [1.54, 1.807) is 0 Å². The summed E-state index contributed by atoms with van der Waals surface area (Å²) in [5.41, 5.74) is 14.9. The minimum absolute atomic E-state index is 0.206. The molecule has 0 spiro atoms. The molecule has 0 N–H and O–H groups in total. The molecule has 6 aromatic carbocycles. The standard InChI is InChI=1S/C41H29N/c1-3-27-11-9-14-32(23-27)42-39-18-8-7-16-34(39)38-26-30(20-22-40(38)42)29-12-10-13-31(25-29)41-35-17-6-5-15-33(35)37-24-28(4-2)19-21-36(37)41/h3-26,41H,1-2H2. The number of hydrogen-bond donors (Lipinski definition) is 0. The summed E-state index contributed by atoms with van der Waals surface area (Å²) in [7, 11) is 0. The summed E-state index contributed by atoms with van der Waals surface area (Å²) in [5.74, 6) is 0.206. The van der Waals surface area contributed by atoms with E-state index < -0.39 is 0 Å². The quantitative estimate of drug-likeness (QED) is 0.207. The van der Waals surface area contributed by atoms with Crippen molar-refractivity contribution in [2.75, 3.05) is 0 Å². The van der Waals surface area contributed by atoms with Gasteiger partial charge in [0, 0.05) is 22.4 Å². The molecule has 198 valence electrons. The van der Waals surface area contributed by atoms with E-state index >= 15 is 0 Å². The third-order valence-electron chi connectivity index (χ3n) is 8.78. The highest BCUT2D eigenvalue weighted by molar-refractivity contribution is 6.10. The van der Waals surface area contributed by atoms with E-state index in [0.29, 0.717) is 0 Å². The van der Waals surface area contributed by atoms with Crippen LogP contribution in [-0.4, -0.2) is 4.57 Å². The van der Waals surface area contributed by atoms with Crippen LogP contribution < -0.4 is 0 Å². The fraction of sp³-hybridized carbons (Fsp3) is 0.0244. The molecular formula is C41H29N. The van der Waals surface area contributed by atoms with Gasteiger partial charge in [-0.05, 0) is 86.5 Å². The van der Waals surface area contributed by atoms with Crippen molar-refractivity contribution in [2.45, 2.75) is 5.92 Å². The van der Waals surface area contributed by atoms with Gasteiger partial charge in [0.25, 0.3) is 0 Å². The topological polar surface area (TPSA) is 4.93 Å². The minimum Gasteiger partial charge on any atom is -0.309 e. The highest BCUT2D eigenvalue weighted by atomic mass is 15.0. The predicted molar refractivity (Wildman–Crippen MR) is 179 cm³/mol. The largest absolute Gasteiger partial charge is 0.309 e. The molecule has 0 saturated heterocycles. The van der Waals surface area contributed by atoms with Gasteiger partial charge in [0.15, 0.2) is 0 Å². The Morgan fingerprint density at radius 1 is 0.500 bits per heavy atom. The molecule has 1 heterocycles. The fourth-order valence-corrected chi connectivity index (χ4v) is 6.83. The third-order valence-corrected chi connectivity index (χ3v) is 8.78. The Hall–Kier alpha value is -5.40. The molecule has 0 amide bonds. The summed E-state index contributed by atoms with van der Waals surface area (Å²) < 4.78 is 2.36. The first-order valence-electron chi connectivity index (χ1n) is 14.5. The van der Waals surface area contributed by atoms with E-state index in [9.17, 15) is 0 Å². The first-order valence-corrected chi connectivity index (χ1v) is 14.5. The van der Waals surface area contributed by atoms with E-state index in [1.165, 1.54) is 60.8 Å². The smallest absolute Gasteiger partial charge is 0.0541 e. The van der Waals surface area contributed by atoms with Crippen molar-refractivity contribution in [1.29, 1.82) is 0 Å². The molecule has 1 unspecified atom stereocenters. The van der Waals surface area contributed by atoms with Gasteiger partial charge in [-0.2, -0.15) is 0 Å². The van der Waals surface area contributed by atoms with Gasteiger partial charge in [0.2, 0.25) is 0 Å². The van der Waals surface area contributed by atoms with Crippen LogP contribution in [0.3, 0.4) is 0 Å². The number of fused-ring (bicyclic) bond motifs is 6. The molecule has 1 nitrogen and oxygen atoms in total. The maximum Gasteiger partial charge on any atom is 0.0541 e. The van der Waals surface area contributed by atoms with E-state index in [4.69, 9.17) is 0 Å². The molecule has 1 aliphatic rings. The van der Waals surface area contributed by atoms with Crippen LogP contribution in [0.2, 0.25) is 0 Å². The van der Waals surface area contributed by atoms with Crippen molar-refractivity contribution in [3.05, 3.63) is 174 Å². The van der Waals surface area contributed by atoms with E-state index in [1.807, 2.05) is 12.2 Å². The van der Waals surface area contributed by atoms with Gasteiger partial charge >= 0.3 is 0 Å². The molecule has 1 aliphatic carbocycles. The summed E-state index contributed by atoms with van der Waals surface area (Å²) >= 11 is 0. The monoisotopic (exact) mass is 535 g/mol. The third kappa shape index (κ3) is 3.71. The van der Waals surface area contributed by atoms with Crippen LogP contribution >= 0.6 is 0 Å². The lowest BCUT2D eigenvalue weighted by Gasteiger charge is -2.16. The molecule has 0 aliphatic heterocycles. The van der Waals surface area contributed by atoms with Crippen molar-refractivity contribution >= 4 is 34.0 Å². The zero-order chi connectivity index (χ0) is 28.2. The Labute approximate surface area is 246 Å². The second-order valence-electron chi connectivity index (χ2n) is 11.1. The van der Waals surface area contributed by atoms with Crippen LogP contribution in [-0.2, 0) is 0 Å². The molecule has 0 saturated carbocycles. The van der Waals surface area contributed by atoms with Gasteiger partial charge < -0.3 is 4.57 Å². The van der Waals surface area contributed by atoms with Gasteiger partial charge in [-0.1, -0.05) is 122 Å². The van der Waals surface area contributed by atoms with Crippen molar-refractivity contribution in [1.82, 2.24) is 4.57 Å². The normalized spacial score (nSPS) is 13.7. The number of nitrogens with zero attached hydrogens (tertiary/aromatic N) is 1. The maximum absolute atomic E-state index is 4.00. The molecule has 0 radical (unpaired) electrons. The number of hydrogen-bond acceptors (Lipinski definition) is 0. The Morgan fingerprint density at radius 2 is 1.24 bits per heavy atom. The molecule has 1 aromatic heterocycles. The van der Waals surface area contributed by atoms with Gasteiger partial charge in [-0.15, -0.1) is 0 Å². The van der Waals surface area contributed by atoms with Crippen LogP contribution in [0.1, 0.15) is 33.7 Å².